The number of hydrogen-bond donors (Lipinski definition) is 2. The van der Waals surface area contributed by atoms with Crippen LogP contribution in [0.25, 0.3) is 22.4 Å². The lowest BCUT2D eigenvalue weighted by Gasteiger charge is -2.10. The number of methoxy groups -OCH3 is 1. The van der Waals surface area contributed by atoms with Crippen LogP contribution in [0.3, 0.4) is 0 Å². The highest BCUT2D eigenvalue weighted by atomic mass is 19.3. The molecule has 0 radical (unpaired) electrons. The second-order valence-electron chi connectivity index (χ2n) is 6.42. The number of para-hydroxylation sites is 2. The third-order valence-electron chi connectivity index (χ3n) is 4.45. The molecule has 2 N–H and O–H groups in total. The number of halogens is 2. The topological polar surface area (TPSA) is 107 Å². The first-order chi connectivity index (χ1) is 15.1. The second-order valence-corrected chi connectivity index (χ2v) is 6.42. The lowest BCUT2D eigenvalue weighted by Crippen LogP contribution is -2.12. The monoisotopic (exact) mass is 431 g/mol. The van der Waals surface area contributed by atoms with Gasteiger partial charge in [0.1, 0.15) is 6.54 Å². The van der Waals surface area contributed by atoms with Crippen molar-refractivity contribution in [1.82, 2.24) is 19.7 Å². The molecule has 0 unspecified atom stereocenters. The van der Waals surface area contributed by atoms with Crippen LogP contribution in [0.4, 0.5) is 14.7 Å². The molecule has 162 valence electrons. The molecule has 2 aromatic carbocycles. The smallest absolute Gasteiger partial charge is 0.387 e. The zero-order chi connectivity index (χ0) is 21.8. The molecule has 2 aromatic heterocycles. The Hall–Kier alpha value is -3.73. The molecule has 0 amide bonds. The molecule has 11 heteroatoms. The number of aliphatic hydroxyl groups is 1. The molecule has 0 aliphatic rings. The van der Waals surface area contributed by atoms with Crippen molar-refractivity contribution in [3.63, 3.8) is 0 Å². The highest BCUT2D eigenvalue weighted by Gasteiger charge is 2.17. The summed E-state index contributed by atoms with van der Waals surface area (Å²) in [6.45, 7) is -2.42. The van der Waals surface area contributed by atoms with Crippen LogP contribution in [-0.2, 0) is 6.54 Å². The number of ether oxygens (including phenoxy) is 2. The molecule has 0 atom stereocenters. The summed E-state index contributed by atoms with van der Waals surface area (Å²) >= 11 is 0. The van der Waals surface area contributed by atoms with E-state index in [2.05, 4.69) is 25.2 Å². The number of aromatic nitrogens is 4. The van der Waals surface area contributed by atoms with Crippen molar-refractivity contribution in [2.75, 3.05) is 25.6 Å². The van der Waals surface area contributed by atoms with Crippen LogP contribution in [0.15, 0.2) is 47.0 Å². The van der Waals surface area contributed by atoms with Gasteiger partial charge in [0.25, 0.3) is 0 Å². The van der Waals surface area contributed by atoms with E-state index in [0.29, 0.717) is 23.9 Å². The first kappa shape index (κ1) is 20.5. The van der Waals surface area contributed by atoms with Crippen molar-refractivity contribution in [3.8, 4) is 22.9 Å². The molecule has 0 fully saturated rings. The van der Waals surface area contributed by atoms with Crippen molar-refractivity contribution in [2.24, 2.45) is 0 Å². The maximum Gasteiger partial charge on any atom is 0.387 e. The van der Waals surface area contributed by atoms with Gasteiger partial charge in [-0.05, 0) is 30.3 Å². The third kappa shape index (κ3) is 4.40. The Labute approximate surface area is 175 Å². The lowest BCUT2D eigenvalue weighted by molar-refractivity contribution is -0.0512. The summed E-state index contributed by atoms with van der Waals surface area (Å²) in [5.41, 5.74) is 2.16. The minimum Gasteiger partial charge on any atom is -0.493 e. The molecule has 0 aliphatic carbocycles. The van der Waals surface area contributed by atoms with Gasteiger partial charge in [-0.2, -0.15) is 13.8 Å². The number of nitrogens with one attached hydrogen (secondary N) is 1. The molecule has 4 aromatic rings. The number of fused-ring (bicyclic) bond motifs is 1. The zero-order valence-corrected chi connectivity index (χ0v) is 16.5. The van der Waals surface area contributed by atoms with Crippen molar-refractivity contribution in [2.45, 2.75) is 13.2 Å². The third-order valence-corrected chi connectivity index (χ3v) is 4.45. The van der Waals surface area contributed by atoms with Crippen LogP contribution in [0.1, 0.15) is 5.89 Å². The Kier molecular flexibility index (Phi) is 5.94. The van der Waals surface area contributed by atoms with E-state index in [0.717, 1.165) is 11.0 Å². The predicted molar refractivity (Wildman–Crippen MR) is 107 cm³/mol. The van der Waals surface area contributed by atoms with Crippen LogP contribution in [0, 0.1) is 0 Å². The molecule has 0 saturated heterocycles. The number of alkyl halides is 2. The summed E-state index contributed by atoms with van der Waals surface area (Å²) in [6.07, 6.45) is 0. The number of aliphatic hydroxyl groups excluding tert-OH is 1. The van der Waals surface area contributed by atoms with Crippen LogP contribution in [-0.4, -0.2) is 51.7 Å². The number of nitrogens with zero attached hydrogens (tertiary/aromatic N) is 4. The van der Waals surface area contributed by atoms with E-state index < -0.39 is 6.61 Å². The Bertz CT molecular complexity index is 1180. The van der Waals surface area contributed by atoms with Crippen LogP contribution in [0.5, 0.6) is 11.5 Å². The first-order valence-electron chi connectivity index (χ1n) is 9.35. The molecule has 4 rings (SSSR count). The van der Waals surface area contributed by atoms with Gasteiger partial charge < -0.3 is 29.0 Å². The molecule has 0 saturated carbocycles. The lowest BCUT2D eigenvalue weighted by atomic mass is 10.2. The van der Waals surface area contributed by atoms with Crippen LogP contribution < -0.4 is 14.8 Å². The summed E-state index contributed by atoms with van der Waals surface area (Å²) in [5.74, 6) is 1.18. The molecule has 9 nitrogen and oxygen atoms in total. The molecule has 31 heavy (non-hydrogen) atoms. The average molecular weight is 431 g/mol. The van der Waals surface area contributed by atoms with E-state index in [9.17, 15) is 8.78 Å². The largest absolute Gasteiger partial charge is 0.493 e. The number of imidazole rings is 1. The van der Waals surface area contributed by atoms with E-state index in [1.807, 2.05) is 28.8 Å². The van der Waals surface area contributed by atoms with Gasteiger partial charge >= 0.3 is 6.61 Å². The summed E-state index contributed by atoms with van der Waals surface area (Å²) in [5, 5.41) is 16.2. The standard InChI is InChI=1S/C20H19F2N5O4/c1-29-16-10-12(6-7-15(16)30-19(21)22)18-25-17(31-26-18)11-27-14-5-3-2-4-13(14)24-20(27)23-8-9-28/h2-7,10,19,28H,8-9,11H2,1H3,(H,23,24). The maximum atomic E-state index is 12.5. The van der Waals surface area contributed by atoms with E-state index in [1.54, 1.807) is 0 Å². The SMILES string of the molecule is COc1cc(-c2noc(Cn3c(NCCO)nc4ccccc43)n2)ccc1OC(F)F. The highest BCUT2D eigenvalue weighted by molar-refractivity contribution is 5.78. The second kappa shape index (κ2) is 8.96. The fourth-order valence-electron chi connectivity index (χ4n) is 3.11. The van der Waals surface area contributed by atoms with Crippen molar-refractivity contribution >= 4 is 17.0 Å². The van der Waals surface area contributed by atoms with E-state index in [4.69, 9.17) is 14.4 Å². The fourth-order valence-corrected chi connectivity index (χ4v) is 3.11. The molecule has 0 aliphatic heterocycles. The van der Waals surface area contributed by atoms with E-state index in [1.165, 1.54) is 25.3 Å². The zero-order valence-electron chi connectivity index (χ0n) is 16.5. The average Bonchev–Trinajstić information content (AvgIpc) is 3.37. The molecule has 0 bridgehead atoms. The Morgan fingerprint density at radius 1 is 1.16 bits per heavy atom. The molecular formula is C20H19F2N5O4. The summed E-state index contributed by atoms with van der Waals surface area (Å²) in [6, 6.07) is 12.0. The van der Waals surface area contributed by atoms with Crippen LogP contribution >= 0.6 is 0 Å². The number of hydrogen-bond acceptors (Lipinski definition) is 8. The van der Waals surface area contributed by atoms with Gasteiger partial charge in [-0.15, -0.1) is 0 Å². The van der Waals surface area contributed by atoms with Gasteiger partial charge in [0, 0.05) is 12.1 Å². The van der Waals surface area contributed by atoms with Crippen molar-refractivity contribution in [1.29, 1.82) is 0 Å². The van der Waals surface area contributed by atoms with Crippen molar-refractivity contribution < 1.29 is 27.9 Å². The Morgan fingerprint density at radius 2 is 2.00 bits per heavy atom. The van der Waals surface area contributed by atoms with Gasteiger partial charge in [-0.3, -0.25) is 0 Å². The van der Waals surface area contributed by atoms with Crippen LogP contribution in [0.2, 0.25) is 0 Å². The van der Waals surface area contributed by atoms with Crippen molar-refractivity contribution in [3.05, 3.63) is 48.4 Å². The Balaban J connectivity index is 1.62. The van der Waals surface area contributed by atoms with Gasteiger partial charge in [0.15, 0.2) is 11.5 Å². The first-order valence-corrected chi connectivity index (χ1v) is 9.35. The Morgan fingerprint density at radius 3 is 2.77 bits per heavy atom. The summed E-state index contributed by atoms with van der Waals surface area (Å²) in [7, 11) is 1.35. The van der Waals surface area contributed by atoms with Gasteiger partial charge in [-0.25, -0.2) is 4.98 Å². The van der Waals surface area contributed by atoms with E-state index in [-0.39, 0.29) is 30.5 Å². The minimum atomic E-state index is -2.96. The molecular weight excluding hydrogens is 412 g/mol. The number of rotatable bonds is 9. The number of anilines is 1. The maximum absolute atomic E-state index is 12.5. The van der Waals surface area contributed by atoms with Gasteiger partial charge in [-0.1, -0.05) is 17.3 Å². The molecule has 2 heterocycles. The minimum absolute atomic E-state index is 0.0407. The van der Waals surface area contributed by atoms with Gasteiger partial charge in [0.2, 0.25) is 17.7 Å². The fraction of sp³-hybridized carbons (Fsp3) is 0.250. The number of benzene rings is 2. The highest BCUT2D eigenvalue weighted by Crippen LogP contribution is 2.32. The van der Waals surface area contributed by atoms with Gasteiger partial charge in [0.05, 0.1) is 24.8 Å². The summed E-state index contributed by atoms with van der Waals surface area (Å²) in [4.78, 5) is 8.93. The normalized spacial score (nSPS) is 11.3. The molecule has 0 spiro atoms. The quantitative estimate of drug-likeness (QED) is 0.416. The summed E-state index contributed by atoms with van der Waals surface area (Å²) < 4.78 is 41.8. The van der Waals surface area contributed by atoms with E-state index >= 15 is 0 Å². The predicted octanol–water partition coefficient (Wildman–Crippen LogP) is 3.15.